The van der Waals surface area contributed by atoms with Crippen molar-refractivity contribution in [2.24, 2.45) is 0 Å². The fourth-order valence-electron chi connectivity index (χ4n) is 4.18. The van der Waals surface area contributed by atoms with Gasteiger partial charge in [-0.25, -0.2) is 4.79 Å². The number of aliphatic hydroxyl groups is 2. The van der Waals surface area contributed by atoms with E-state index >= 15 is 0 Å². The molecule has 1 spiro atoms. The molecule has 34 heavy (non-hydrogen) atoms. The highest BCUT2D eigenvalue weighted by Crippen LogP contribution is 2.44. The Balaban J connectivity index is 1.42. The minimum absolute atomic E-state index is 0.154. The summed E-state index contributed by atoms with van der Waals surface area (Å²) in [6, 6.07) is 11.9. The van der Waals surface area contributed by atoms with Crippen LogP contribution in [0.1, 0.15) is 18.4 Å². The number of carbonyl (C=O) groups excluding carboxylic acids is 3. The van der Waals surface area contributed by atoms with Crippen LogP contribution in [0.15, 0.2) is 46.9 Å². The van der Waals surface area contributed by atoms with Crippen LogP contribution in [0.5, 0.6) is 5.75 Å². The van der Waals surface area contributed by atoms with Gasteiger partial charge in [0.2, 0.25) is 0 Å². The molecule has 2 heterocycles. The van der Waals surface area contributed by atoms with Crippen molar-refractivity contribution in [1.29, 1.82) is 0 Å². The molecule has 180 valence electrons. The van der Waals surface area contributed by atoms with Gasteiger partial charge in [-0.1, -0.05) is 15.9 Å². The molecule has 2 aromatic rings. The Hall–Kier alpha value is -3.15. The zero-order valence-electron chi connectivity index (χ0n) is 18.3. The highest BCUT2D eigenvalue weighted by atomic mass is 79.9. The summed E-state index contributed by atoms with van der Waals surface area (Å²) < 4.78 is 11.8. The number of fused-ring (bicyclic) bond motifs is 2. The van der Waals surface area contributed by atoms with E-state index in [1.54, 1.807) is 42.5 Å². The molecule has 0 radical (unpaired) electrons. The third-order valence-electron chi connectivity index (χ3n) is 6.06. The average molecular weight is 534 g/mol. The van der Waals surface area contributed by atoms with E-state index in [2.05, 4.69) is 26.6 Å². The Kier molecular flexibility index (Phi) is 6.78. The molecule has 0 aromatic heterocycles. The van der Waals surface area contributed by atoms with Crippen LogP contribution in [-0.4, -0.2) is 65.4 Å². The number of anilines is 2. The Morgan fingerprint density at radius 1 is 1.15 bits per heavy atom. The van der Waals surface area contributed by atoms with E-state index in [1.807, 2.05) is 0 Å². The number of nitrogens with zero attached hydrogens (tertiary/aromatic N) is 1. The third-order valence-corrected chi connectivity index (χ3v) is 6.59. The van der Waals surface area contributed by atoms with Crippen LogP contribution in [0.4, 0.5) is 16.2 Å². The van der Waals surface area contributed by atoms with Crippen molar-refractivity contribution in [2.45, 2.75) is 30.7 Å². The lowest BCUT2D eigenvalue weighted by molar-refractivity contribution is -0.154. The highest BCUT2D eigenvalue weighted by molar-refractivity contribution is 9.10. The van der Waals surface area contributed by atoms with Crippen molar-refractivity contribution in [2.75, 3.05) is 30.8 Å². The van der Waals surface area contributed by atoms with Gasteiger partial charge in [0, 0.05) is 41.7 Å². The summed E-state index contributed by atoms with van der Waals surface area (Å²) in [5, 5.41) is 25.8. The van der Waals surface area contributed by atoms with Gasteiger partial charge in [-0.2, -0.15) is 0 Å². The quantitative estimate of drug-likeness (QED) is 0.462. The number of ether oxygens (including phenoxy) is 2. The van der Waals surface area contributed by atoms with Gasteiger partial charge in [-0.15, -0.1) is 0 Å². The summed E-state index contributed by atoms with van der Waals surface area (Å²) in [6.07, 6.45) is -3.92. The largest absolute Gasteiger partial charge is 0.497 e. The van der Waals surface area contributed by atoms with E-state index < -0.39 is 35.7 Å². The van der Waals surface area contributed by atoms with E-state index in [9.17, 15) is 24.6 Å². The molecule has 1 fully saturated rings. The first-order valence-electron chi connectivity index (χ1n) is 10.6. The molecular formula is C23H24BrN3O7. The summed E-state index contributed by atoms with van der Waals surface area (Å²) in [5.74, 6) is -1.07. The maximum Gasteiger partial charge on any atom is 0.412 e. The van der Waals surface area contributed by atoms with Gasteiger partial charge >= 0.3 is 6.09 Å². The third kappa shape index (κ3) is 4.72. The fourth-order valence-corrected chi connectivity index (χ4v) is 4.44. The second-order valence-corrected chi connectivity index (χ2v) is 9.05. The number of hydrogen-bond donors (Lipinski definition) is 4. The average Bonchev–Trinajstić information content (AvgIpc) is 2.84. The fraction of sp³-hybridized carbons (Fsp3) is 0.348. The molecule has 2 aromatic carbocycles. The molecule has 1 saturated heterocycles. The zero-order chi connectivity index (χ0) is 24.5. The Morgan fingerprint density at radius 3 is 2.47 bits per heavy atom. The van der Waals surface area contributed by atoms with Crippen molar-refractivity contribution < 1.29 is 34.1 Å². The molecule has 3 amide bonds. The second-order valence-electron chi connectivity index (χ2n) is 8.13. The number of methoxy groups -OCH3 is 1. The van der Waals surface area contributed by atoms with Crippen LogP contribution in [0.25, 0.3) is 0 Å². The topological polar surface area (TPSA) is 137 Å². The summed E-state index contributed by atoms with van der Waals surface area (Å²) in [4.78, 5) is 38.6. The molecule has 2 aliphatic heterocycles. The molecule has 0 saturated carbocycles. The molecular weight excluding hydrogens is 510 g/mol. The lowest BCUT2D eigenvalue weighted by Gasteiger charge is -2.44. The van der Waals surface area contributed by atoms with E-state index in [0.29, 0.717) is 17.1 Å². The zero-order valence-corrected chi connectivity index (χ0v) is 19.9. The molecule has 2 unspecified atom stereocenters. The van der Waals surface area contributed by atoms with E-state index in [4.69, 9.17) is 9.47 Å². The van der Waals surface area contributed by atoms with Gasteiger partial charge in [0.1, 0.15) is 11.4 Å². The van der Waals surface area contributed by atoms with E-state index in [-0.39, 0.29) is 25.9 Å². The number of amides is 3. The number of nitrogens with one attached hydrogen (secondary N) is 2. The number of piperidine rings is 1. The summed E-state index contributed by atoms with van der Waals surface area (Å²) in [6.45, 7) is 0.307. The van der Waals surface area contributed by atoms with Crippen LogP contribution in [0.2, 0.25) is 0 Å². The molecule has 0 aliphatic carbocycles. The maximum absolute atomic E-state index is 12.8. The number of benzene rings is 2. The van der Waals surface area contributed by atoms with Crippen molar-refractivity contribution in [3.63, 3.8) is 0 Å². The van der Waals surface area contributed by atoms with Crippen LogP contribution in [0, 0.1) is 0 Å². The van der Waals surface area contributed by atoms with Gasteiger partial charge in [0.05, 0.1) is 12.8 Å². The first kappa shape index (κ1) is 24.0. The first-order chi connectivity index (χ1) is 16.2. The Morgan fingerprint density at radius 2 is 1.82 bits per heavy atom. The number of hydrogen-bond acceptors (Lipinski definition) is 7. The van der Waals surface area contributed by atoms with Crippen LogP contribution in [0.3, 0.4) is 0 Å². The molecule has 4 rings (SSSR count). The Labute approximate surface area is 204 Å². The molecule has 0 bridgehead atoms. The smallest absolute Gasteiger partial charge is 0.412 e. The predicted octanol–water partition coefficient (Wildman–Crippen LogP) is 2.20. The lowest BCUT2D eigenvalue weighted by atomic mass is 9.82. The van der Waals surface area contributed by atoms with Crippen molar-refractivity contribution >= 4 is 45.2 Å². The monoisotopic (exact) mass is 533 g/mol. The van der Waals surface area contributed by atoms with E-state index in [0.717, 1.165) is 10.0 Å². The molecule has 2 aliphatic rings. The second kappa shape index (κ2) is 9.61. The van der Waals surface area contributed by atoms with Gasteiger partial charge in [0.25, 0.3) is 11.8 Å². The molecule has 2 atom stereocenters. The molecule has 11 heteroatoms. The van der Waals surface area contributed by atoms with Crippen LogP contribution in [-0.2, 0) is 19.9 Å². The Bertz CT molecular complexity index is 1100. The van der Waals surface area contributed by atoms with Gasteiger partial charge in [-0.3, -0.25) is 14.9 Å². The minimum atomic E-state index is -1.95. The standard InChI is InChI=1S/C23H24BrN3O7/c1-33-15-6-7-17-16(12-15)23(34-22(32)26-17)8-10-27(11-9-23)21(31)19(29)18(28)20(30)25-14-4-2-13(24)3-5-14/h2-7,12,18-19,28-29H,8-11H2,1H3,(H,25,30)(H,26,32). The van der Waals surface area contributed by atoms with Crippen LogP contribution < -0.4 is 15.4 Å². The summed E-state index contributed by atoms with van der Waals surface area (Å²) in [5.41, 5.74) is 0.810. The number of carbonyl (C=O) groups is 3. The van der Waals surface area contributed by atoms with Gasteiger partial charge in [0.15, 0.2) is 12.2 Å². The number of rotatable bonds is 5. The van der Waals surface area contributed by atoms with E-state index in [1.165, 1.54) is 12.0 Å². The first-order valence-corrected chi connectivity index (χ1v) is 11.4. The molecule has 4 N–H and O–H groups in total. The van der Waals surface area contributed by atoms with Crippen molar-refractivity contribution in [3.8, 4) is 5.75 Å². The highest BCUT2D eigenvalue weighted by Gasteiger charge is 2.46. The summed E-state index contributed by atoms with van der Waals surface area (Å²) >= 11 is 3.28. The van der Waals surface area contributed by atoms with Crippen molar-refractivity contribution in [3.05, 3.63) is 52.5 Å². The minimum Gasteiger partial charge on any atom is -0.497 e. The SMILES string of the molecule is COc1ccc2c(c1)C1(CCN(C(=O)C(O)C(O)C(=O)Nc3ccc(Br)cc3)CC1)OC(=O)N2. The van der Waals surface area contributed by atoms with Gasteiger partial charge in [-0.05, 0) is 42.5 Å². The maximum atomic E-state index is 12.8. The summed E-state index contributed by atoms with van der Waals surface area (Å²) in [7, 11) is 1.54. The number of aliphatic hydroxyl groups excluding tert-OH is 2. The molecule has 10 nitrogen and oxygen atoms in total. The number of halogens is 1. The predicted molar refractivity (Wildman–Crippen MR) is 125 cm³/mol. The van der Waals surface area contributed by atoms with Crippen molar-refractivity contribution in [1.82, 2.24) is 4.90 Å². The van der Waals surface area contributed by atoms with Gasteiger partial charge < -0.3 is 29.9 Å². The normalized spacial score (nSPS) is 18.2. The lowest BCUT2D eigenvalue weighted by Crippen LogP contribution is -2.54. The van der Waals surface area contributed by atoms with Crippen LogP contribution >= 0.6 is 15.9 Å². The number of likely N-dealkylation sites (tertiary alicyclic amines) is 1.